The van der Waals surface area contributed by atoms with Crippen molar-refractivity contribution in [3.63, 3.8) is 0 Å². The number of carbonyl (C=O) groups is 2. The van der Waals surface area contributed by atoms with Crippen molar-refractivity contribution in [1.82, 2.24) is 10.6 Å². The van der Waals surface area contributed by atoms with Crippen LogP contribution in [0.2, 0.25) is 0 Å². The predicted octanol–water partition coefficient (Wildman–Crippen LogP) is 1.52. The number of carboxylic acids is 1. The van der Waals surface area contributed by atoms with Gasteiger partial charge in [-0.05, 0) is 38.3 Å². The number of furan rings is 1. The van der Waals surface area contributed by atoms with Gasteiger partial charge in [0.1, 0.15) is 11.3 Å². The molecular weight excluding hydrogens is 248 g/mol. The average Bonchev–Trinajstić information content (AvgIpc) is 2.75. The summed E-state index contributed by atoms with van der Waals surface area (Å²) in [6, 6.07) is 3.05. The first-order valence-electron chi connectivity index (χ1n) is 6.36. The predicted molar refractivity (Wildman–Crippen MR) is 67.8 cm³/mol. The van der Waals surface area contributed by atoms with Gasteiger partial charge in [0.2, 0.25) is 0 Å². The van der Waals surface area contributed by atoms with Crippen LogP contribution in [0.15, 0.2) is 22.8 Å². The largest absolute Gasteiger partial charge is 0.480 e. The van der Waals surface area contributed by atoms with Crippen LogP contribution in [0, 0.1) is 0 Å². The summed E-state index contributed by atoms with van der Waals surface area (Å²) in [5.74, 6) is -0.183. The first-order chi connectivity index (χ1) is 9.02. The fourth-order valence-electron chi connectivity index (χ4n) is 2.18. The van der Waals surface area contributed by atoms with Gasteiger partial charge < -0.3 is 20.2 Å². The van der Waals surface area contributed by atoms with Crippen molar-refractivity contribution >= 4 is 12.0 Å². The lowest BCUT2D eigenvalue weighted by Crippen LogP contribution is -2.61. The second-order valence-corrected chi connectivity index (χ2v) is 5.02. The Morgan fingerprint density at radius 2 is 2.26 bits per heavy atom. The lowest BCUT2D eigenvalue weighted by Gasteiger charge is -2.38. The maximum Gasteiger partial charge on any atom is 0.329 e. The summed E-state index contributed by atoms with van der Waals surface area (Å²) in [6.45, 7) is 1.84. The number of nitrogens with one attached hydrogen (secondary N) is 2. The van der Waals surface area contributed by atoms with E-state index in [0.717, 1.165) is 12.2 Å². The maximum atomic E-state index is 11.8. The van der Waals surface area contributed by atoms with Gasteiger partial charge in [-0.25, -0.2) is 9.59 Å². The SMILES string of the molecule is CC(Cc1ccco1)NC(=O)NC1(C(=O)O)CCC1. The highest BCUT2D eigenvalue weighted by atomic mass is 16.4. The molecule has 1 saturated carbocycles. The molecule has 0 aliphatic heterocycles. The molecule has 1 fully saturated rings. The molecule has 1 atom stereocenters. The molecule has 2 rings (SSSR count). The zero-order valence-corrected chi connectivity index (χ0v) is 10.8. The highest BCUT2D eigenvalue weighted by Crippen LogP contribution is 2.31. The Morgan fingerprint density at radius 3 is 2.74 bits per heavy atom. The molecule has 6 heteroatoms. The number of amides is 2. The number of carbonyl (C=O) groups excluding carboxylic acids is 1. The van der Waals surface area contributed by atoms with E-state index in [9.17, 15) is 9.59 Å². The van der Waals surface area contributed by atoms with Crippen LogP contribution in [-0.4, -0.2) is 28.7 Å². The normalized spacial score (nSPS) is 18.2. The summed E-state index contributed by atoms with van der Waals surface area (Å²) in [4.78, 5) is 22.9. The van der Waals surface area contributed by atoms with Crippen molar-refractivity contribution in [2.45, 2.75) is 44.2 Å². The third kappa shape index (κ3) is 3.07. The number of urea groups is 1. The topological polar surface area (TPSA) is 91.6 Å². The molecule has 0 saturated heterocycles. The molecule has 0 radical (unpaired) electrons. The van der Waals surface area contributed by atoms with E-state index in [2.05, 4.69) is 10.6 Å². The summed E-state index contributed by atoms with van der Waals surface area (Å²) in [5.41, 5.74) is -1.07. The van der Waals surface area contributed by atoms with Gasteiger partial charge in [-0.15, -0.1) is 0 Å². The van der Waals surface area contributed by atoms with E-state index >= 15 is 0 Å². The van der Waals surface area contributed by atoms with Gasteiger partial charge in [-0.3, -0.25) is 0 Å². The minimum Gasteiger partial charge on any atom is -0.480 e. The standard InChI is InChI=1S/C13H18N2O4/c1-9(8-10-4-2-7-19-10)14-12(18)15-13(11(16)17)5-3-6-13/h2,4,7,9H,3,5-6,8H2,1H3,(H,16,17)(H2,14,15,18). The van der Waals surface area contributed by atoms with Crippen molar-refractivity contribution in [2.24, 2.45) is 0 Å². The van der Waals surface area contributed by atoms with Crippen molar-refractivity contribution < 1.29 is 19.1 Å². The molecule has 104 valence electrons. The number of carboxylic acid groups (broad SMARTS) is 1. The molecule has 0 aromatic carbocycles. The van der Waals surface area contributed by atoms with Gasteiger partial charge in [0, 0.05) is 12.5 Å². The van der Waals surface area contributed by atoms with Crippen LogP contribution in [0.4, 0.5) is 4.79 Å². The minimum absolute atomic E-state index is 0.128. The van der Waals surface area contributed by atoms with E-state index in [1.54, 1.807) is 12.3 Å². The Kier molecular flexibility index (Phi) is 3.78. The molecule has 6 nitrogen and oxygen atoms in total. The van der Waals surface area contributed by atoms with Gasteiger partial charge >= 0.3 is 12.0 Å². The van der Waals surface area contributed by atoms with Gasteiger partial charge in [0.25, 0.3) is 0 Å². The molecule has 1 unspecified atom stereocenters. The lowest BCUT2D eigenvalue weighted by molar-refractivity contribution is -0.148. The molecule has 1 aromatic heterocycles. The molecule has 1 heterocycles. The summed E-state index contributed by atoms with van der Waals surface area (Å²) < 4.78 is 5.19. The second-order valence-electron chi connectivity index (χ2n) is 5.02. The Hall–Kier alpha value is -1.98. The highest BCUT2D eigenvalue weighted by molar-refractivity contribution is 5.87. The zero-order valence-electron chi connectivity index (χ0n) is 10.8. The van der Waals surface area contributed by atoms with Crippen LogP contribution in [0.5, 0.6) is 0 Å². The molecular formula is C13H18N2O4. The fraction of sp³-hybridized carbons (Fsp3) is 0.538. The number of hydrogen-bond donors (Lipinski definition) is 3. The van der Waals surface area contributed by atoms with E-state index in [0.29, 0.717) is 19.3 Å². The number of rotatable bonds is 5. The molecule has 2 amide bonds. The Balaban J connectivity index is 1.82. The van der Waals surface area contributed by atoms with Crippen LogP contribution in [0.3, 0.4) is 0 Å². The first-order valence-corrected chi connectivity index (χ1v) is 6.36. The Labute approximate surface area is 111 Å². The van der Waals surface area contributed by atoms with Crippen molar-refractivity contribution in [1.29, 1.82) is 0 Å². The molecule has 3 N–H and O–H groups in total. The number of hydrogen-bond acceptors (Lipinski definition) is 3. The molecule has 1 aliphatic rings. The summed E-state index contributed by atoms with van der Waals surface area (Å²) in [5, 5.41) is 14.4. The fourth-order valence-corrected chi connectivity index (χ4v) is 2.18. The first kappa shape index (κ1) is 13.5. The van der Waals surface area contributed by atoms with Crippen molar-refractivity contribution in [3.8, 4) is 0 Å². The molecule has 19 heavy (non-hydrogen) atoms. The highest BCUT2D eigenvalue weighted by Gasteiger charge is 2.45. The van der Waals surface area contributed by atoms with Gasteiger partial charge in [0.15, 0.2) is 0 Å². The van der Waals surface area contributed by atoms with Crippen LogP contribution >= 0.6 is 0 Å². The van der Waals surface area contributed by atoms with Crippen LogP contribution in [-0.2, 0) is 11.2 Å². The third-order valence-electron chi connectivity index (χ3n) is 3.43. The molecule has 1 aliphatic carbocycles. The smallest absolute Gasteiger partial charge is 0.329 e. The van der Waals surface area contributed by atoms with E-state index in [-0.39, 0.29) is 6.04 Å². The van der Waals surface area contributed by atoms with E-state index in [4.69, 9.17) is 9.52 Å². The quantitative estimate of drug-likeness (QED) is 0.753. The van der Waals surface area contributed by atoms with Crippen molar-refractivity contribution in [2.75, 3.05) is 0 Å². The lowest BCUT2D eigenvalue weighted by atomic mass is 9.77. The number of aliphatic carboxylic acids is 1. The summed E-state index contributed by atoms with van der Waals surface area (Å²) >= 11 is 0. The summed E-state index contributed by atoms with van der Waals surface area (Å²) in [7, 11) is 0. The summed E-state index contributed by atoms with van der Waals surface area (Å²) in [6.07, 6.45) is 3.95. The average molecular weight is 266 g/mol. The van der Waals surface area contributed by atoms with Gasteiger partial charge in [-0.2, -0.15) is 0 Å². The zero-order chi connectivity index (χ0) is 13.9. The maximum absolute atomic E-state index is 11.8. The van der Waals surface area contributed by atoms with E-state index in [1.807, 2.05) is 13.0 Å². The van der Waals surface area contributed by atoms with Crippen LogP contribution < -0.4 is 10.6 Å². The van der Waals surface area contributed by atoms with Crippen LogP contribution in [0.25, 0.3) is 0 Å². The van der Waals surface area contributed by atoms with Gasteiger partial charge in [0.05, 0.1) is 6.26 Å². The van der Waals surface area contributed by atoms with E-state index in [1.165, 1.54) is 0 Å². The Morgan fingerprint density at radius 1 is 1.53 bits per heavy atom. The molecule has 0 bridgehead atoms. The molecule has 1 aromatic rings. The monoisotopic (exact) mass is 266 g/mol. The van der Waals surface area contributed by atoms with Crippen molar-refractivity contribution in [3.05, 3.63) is 24.2 Å². The van der Waals surface area contributed by atoms with Crippen LogP contribution in [0.1, 0.15) is 31.9 Å². The minimum atomic E-state index is -1.07. The van der Waals surface area contributed by atoms with E-state index < -0.39 is 17.5 Å². The third-order valence-corrected chi connectivity index (χ3v) is 3.43. The Bertz CT molecular complexity index is 451. The molecule has 0 spiro atoms. The second kappa shape index (κ2) is 5.34. The van der Waals surface area contributed by atoms with Gasteiger partial charge in [-0.1, -0.05) is 0 Å².